The van der Waals surface area contributed by atoms with E-state index in [1.165, 1.54) is 11.3 Å². The number of hydrogen-bond acceptors (Lipinski definition) is 5. The van der Waals surface area contributed by atoms with Gasteiger partial charge in [-0.2, -0.15) is 0 Å². The monoisotopic (exact) mass is 823 g/mol. The van der Waals surface area contributed by atoms with E-state index in [-0.39, 0.29) is 11.5 Å². The van der Waals surface area contributed by atoms with Gasteiger partial charge in [0.05, 0.1) is 29.0 Å². The van der Waals surface area contributed by atoms with Crippen LogP contribution >= 0.6 is 68.1 Å². The summed E-state index contributed by atoms with van der Waals surface area (Å²) in [6.07, 6.45) is 1.89. The average Bonchev–Trinajstić information content (AvgIpc) is 3.27. The van der Waals surface area contributed by atoms with Gasteiger partial charge < -0.3 is 9.64 Å². The SMILES string of the molecule is CCN(CC)C(=O)C1=C(C)N=c2s/c(=C/c3cc(I)c(OCc4ccccc4)c(I)c3)c(=O)n2[C@@H]1c1ccc(Cl)cc1. The topological polar surface area (TPSA) is 63.9 Å². The van der Waals surface area contributed by atoms with Crippen molar-refractivity contribution in [2.45, 2.75) is 33.4 Å². The molecule has 0 aliphatic carbocycles. The summed E-state index contributed by atoms with van der Waals surface area (Å²) in [5, 5.41) is 0.587. The largest absolute Gasteiger partial charge is 0.487 e. The van der Waals surface area contributed by atoms with Crippen LogP contribution in [0.25, 0.3) is 6.08 Å². The van der Waals surface area contributed by atoms with Crippen molar-refractivity contribution in [3.05, 3.63) is 127 Å². The third kappa shape index (κ3) is 6.39. The fourth-order valence-corrected chi connectivity index (χ4v) is 8.22. The Morgan fingerprint density at radius 1 is 1.07 bits per heavy atom. The maximum atomic E-state index is 14.0. The number of rotatable bonds is 8. The summed E-state index contributed by atoms with van der Waals surface area (Å²) < 4.78 is 10.2. The molecule has 0 bridgehead atoms. The van der Waals surface area contributed by atoms with Gasteiger partial charge in [-0.05, 0) is 113 Å². The van der Waals surface area contributed by atoms with E-state index in [0.717, 1.165) is 29.6 Å². The zero-order valence-electron chi connectivity index (χ0n) is 23.2. The number of allylic oxidation sites excluding steroid dienone is 1. The smallest absolute Gasteiger partial charge is 0.271 e. The van der Waals surface area contributed by atoms with E-state index in [9.17, 15) is 9.59 Å². The summed E-state index contributed by atoms with van der Waals surface area (Å²) in [6, 6.07) is 20.8. The molecule has 4 aromatic rings. The zero-order chi connectivity index (χ0) is 30.0. The van der Waals surface area contributed by atoms with Crippen LogP contribution in [0.5, 0.6) is 5.75 Å². The highest BCUT2D eigenvalue weighted by atomic mass is 127. The van der Waals surface area contributed by atoms with Crippen molar-refractivity contribution in [1.29, 1.82) is 0 Å². The number of benzene rings is 3. The van der Waals surface area contributed by atoms with Crippen molar-refractivity contribution in [3.8, 4) is 5.75 Å². The molecule has 216 valence electrons. The molecule has 1 aromatic heterocycles. The van der Waals surface area contributed by atoms with Crippen LogP contribution in [0.3, 0.4) is 0 Å². The summed E-state index contributed by atoms with van der Waals surface area (Å²) in [7, 11) is 0. The van der Waals surface area contributed by atoms with Gasteiger partial charge in [-0.3, -0.25) is 14.2 Å². The molecule has 0 saturated heterocycles. The molecule has 0 unspecified atom stereocenters. The highest BCUT2D eigenvalue weighted by Gasteiger charge is 2.34. The molecular weight excluding hydrogens is 796 g/mol. The number of likely N-dealkylation sites (N-methyl/N-ethyl adjacent to an activating group) is 1. The average molecular weight is 824 g/mol. The maximum Gasteiger partial charge on any atom is 0.271 e. The predicted octanol–water partition coefficient (Wildman–Crippen LogP) is 6.55. The quantitative estimate of drug-likeness (QED) is 0.190. The minimum atomic E-state index is -0.609. The second-order valence-corrected chi connectivity index (χ2v) is 13.5. The Kier molecular flexibility index (Phi) is 9.91. The Balaban J connectivity index is 1.58. The van der Waals surface area contributed by atoms with Crippen LogP contribution in [0.2, 0.25) is 5.02 Å². The molecule has 1 atom stereocenters. The summed E-state index contributed by atoms with van der Waals surface area (Å²) in [6.45, 7) is 7.34. The Bertz CT molecular complexity index is 1820. The number of thiazole rings is 1. The van der Waals surface area contributed by atoms with E-state index in [2.05, 4.69) is 45.2 Å². The lowest BCUT2D eigenvalue weighted by molar-refractivity contribution is -0.127. The molecule has 6 nitrogen and oxygen atoms in total. The van der Waals surface area contributed by atoms with Gasteiger partial charge in [0.15, 0.2) is 4.80 Å². The Morgan fingerprint density at radius 2 is 1.71 bits per heavy atom. The molecule has 0 fully saturated rings. The van der Waals surface area contributed by atoms with E-state index >= 15 is 0 Å². The van der Waals surface area contributed by atoms with Crippen LogP contribution in [-0.4, -0.2) is 28.5 Å². The first-order chi connectivity index (χ1) is 20.2. The van der Waals surface area contributed by atoms with Crippen molar-refractivity contribution in [2.24, 2.45) is 4.99 Å². The third-order valence-corrected chi connectivity index (χ3v) is 9.87. The summed E-state index contributed by atoms with van der Waals surface area (Å²) in [4.78, 5) is 34.9. The number of halogens is 3. The van der Waals surface area contributed by atoms with Crippen LogP contribution in [0.1, 0.15) is 43.5 Å². The van der Waals surface area contributed by atoms with E-state index < -0.39 is 6.04 Å². The lowest BCUT2D eigenvalue weighted by Crippen LogP contribution is -2.43. The van der Waals surface area contributed by atoms with Gasteiger partial charge in [0.2, 0.25) is 0 Å². The first kappa shape index (κ1) is 31.0. The van der Waals surface area contributed by atoms with E-state index in [0.29, 0.717) is 45.3 Å². The van der Waals surface area contributed by atoms with Crippen molar-refractivity contribution in [3.63, 3.8) is 0 Å². The molecule has 0 N–H and O–H groups in total. The predicted molar refractivity (Wildman–Crippen MR) is 186 cm³/mol. The Morgan fingerprint density at radius 3 is 2.33 bits per heavy atom. The molecule has 0 saturated carbocycles. The molecule has 1 aliphatic rings. The van der Waals surface area contributed by atoms with Gasteiger partial charge in [-0.25, -0.2) is 4.99 Å². The molecule has 3 aromatic carbocycles. The molecule has 10 heteroatoms. The molecule has 2 heterocycles. The number of aromatic nitrogens is 1. The number of carbonyl (C=O) groups is 1. The van der Waals surface area contributed by atoms with Crippen LogP contribution in [0.4, 0.5) is 0 Å². The third-order valence-electron chi connectivity index (χ3n) is 7.03. The van der Waals surface area contributed by atoms with Gasteiger partial charge in [0.1, 0.15) is 12.4 Å². The fraction of sp³-hybridized carbons (Fsp3) is 0.219. The van der Waals surface area contributed by atoms with Crippen LogP contribution < -0.4 is 19.6 Å². The minimum absolute atomic E-state index is 0.120. The van der Waals surface area contributed by atoms with Crippen molar-refractivity contribution < 1.29 is 9.53 Å². The van der Waals surface area contributed by atoms with Gasteiger partial charge in [-0.15, -0.1) is 0 Å². The number of ether oxygens (including phenoxy) is 1. The van der Waals surface area contributed by atoms with Gasteiger partial charge in [0.25, 0.3) is 11.5 Å². The molecule has 1 amide bonds. The zero-order valence-corrected chi connectivity index (χ0v) is 29.1. The number of hydrogen-bond donors (Lipinski definition) is 0. The first-order valence-electron chi connectivity index (χ1n) is 13.4. The lowest BCUT2D eigenvalue weighted by atomic mass is 9.94. The van der Waals surface area contributed by atoms with Crippen LogP contribution in [0.15, 0.2) is 87.8 Å². The normalized spacial score (nSPS) is 14.9. The molecule has 1 aliphatic heterocycles. The molecule has 0 radical (unpaired) electrons. The second-order valence-electron chi connectivity index (χ2n) is 9.70. The summed E-state index contributed by atoms with van der Waals surface area (Å²) in [5.74, 6) is 0.697. The van der Waals surface area contributed by atoms with Crippen LogP contribution in [0, 0.1) is 7.14 Å². The van der Waals surface area contributed by atoms with E-state index in [1.54, 1.807) is 21.6 Å². The van der Waals surface area contributed by atoms with Gasteiger partial charge in [-0.1, -0.05) is 65.4 Å². The highest BCUT2D eigenvalue weighted by Crippen LogP contribution is 2.32. The summed E-state index contributed by atoms with van der Waals surface area (Å²) >= 11 is 12.1. The minimum Gasteiger partial charge on any atom is -0.487 e. The second kappa shape index (κ2) is 13.4. The van der Waals surface area contributed by atoms with Crippen molar-refractivity contribution in [1.82, 2.24) is 9.47 Å². The standard InChI is InChI=1S/C32H28ClI2N3O3S/c1-4-37(5-2)31(40)27-19(3)36-32-38(28(27)22-11-13-23(33)14-12-22)30(39)26(42-32)17-21-15-24(34)29(25(35)16-21)41-18-20-9-7-6-8-10-20/h6-17,28H,4-5,18H2,1-3H3/b26-17+/t28-/m1/s1. The maximum absolute atomic E-state index is 14.0. The summed E-state index contributed by atoms with van der Waals surface area (Å²) in [5.41, 5.74) is 3.72. The highest BCUT2D eigenvalue weighted by molar-refractivity contribution is 14.1. The number of nitrogens with zero attached hydrogens (tertiary/aromatic N) is 3. The van der Waals surface area contributed by atoms with Gasteiger partial charge in [0, 0.05) is 18.1 Å². The Labute approximate surface area is 280 Å². The van der Waals surface area contributed by atoms with Gasteiger partial charge >= 0.3 is 0 Å². The van der Waals surface area contributed by atoms with E-state index in [1.807, 2.05) is 81.4 Å². The first-order valence-corrected chi connectivity index (χ1v) is 16.8. The van der Waals surface area contributed by atoms with Crippen LogP contribution in [-0.2, 0) is 11.4 Å². The fourth-order valence-electron chi connectivity index (χ4n) is 4.92. The van der Waals surface area contributed by atoms with Crippen molar-refractivity contribution >= 4 is 80.1 Å². The van der Waals surface area contributed by atoms with E-state index in [4.69, 9.17) is 21.3 Å². The Hall–Kier alpha value is -2.48. The molecule has 0 spiro atoms. The van der Waals surface area contributed by atoms with Crippen molar-refractivity contribution in [2.75, 3.05) is 13.1 Å². The molecular formula is C32H28ClI2N3O3S. The molecule has 5 rings (SSSR count). The number of carbonyl (C=O) groups excluding carboxylic acids is 1. The molecule has 42 heavy (non-hydrogen) atoms. The lowest BCUT2D eigenvalue weighted by Gasteiger charge is -2.29. The number of fused-ring (bicyclic) bond motifs is 1. The number of amides is 1.